The Kier molecular flexibility index (Phi) is 7.90. The largest absolute Gasteiger partial charge is 0.487 e. The molecule has 8 heteroatoms. The van der Waals surface area contributed by atoms with Crippen LogP contribution in [-0.4, -0.2) is 24.5 Å². The lowest BCUT2D eigenvalue weighted by Crippen LogP contribution is -2.16. The molecule has 0 spiro atoms. The predicted molar refractivity (Wildman–Crippen MR) is 162 cm³/mol. The number of nitrogens with one attached hydrogen (secondary N) is 1. The maximum atomic E-state index is 6.20. The van der Waals surface area contributed by atoms with Crippen molar-refractivity contribution in [2.45, 2.75) is 70.8 Å². The molecule has 2 aromatic carbocycles. The van der Waals surface area contributed by atoms with E-state index in [1.807, 2.05) is 42.1 Å². The number of hydrogen-bond donors (Lipinski definition) is 1. The first kappa shape index (κ1) is 27.8. The summed E-state index contributed by atoms with van der Waals surface area (Å²) in [4.78, 5) is 5.73. The zero-order valence-corrected chi connectivity index (χ0v) is 24.9. The number of ether oxygens (including phenoxy) is 1. The van der Waals surface area contributed by atoms with Crippen molar-refractivity contribution in [1.29, 1.82) is 0 Å². The maximum Gasteiger partial charge on any atom is 0.319 e. The zero-order valence-electron chi connectivity index (χ0n) is 24.1. The second-order valence-corrected chi connectivity index (χ2v) is 14.0. The number of aromatic nitrogens is 4. The highest BCUT2D eigenvalue weighted by Crippen LogP contribution is 2.44. The number of nitrogens with zero attached hydrogens (tertiary/aromatic N) is 4. The Labute approximate surface area is 240 Å². The molecule has 0 aliphatic rings. The lowest BCUT2D eigenvalue weighted by Gasteiger charge is -2.24. The average Bonchev–Trinajstić information content (AvgIpc) is 3.50. The quantitative estimate of drug-likeness (QED) is 0.183. The number of pyridine rings is 1. The molecular formula is C32H37N5O2S. The van der Waals surface area contributed by atoms with E-state index in [9.17, 15) is 0 Å². The van der Waals surface area contributed by atoms with E-state index in [0.29, 0.717) is 12.6 Å². The molecule has 0 saturated heterocycles. The van der Waals surface area contributed by atoms with Gasteiger partial charge in [0.2, 0.25) is 6.39 Å². The Morgan fingerprint density at radius 1 is 0.975 bits per heavy atom. The van der Waals surface area contributed by atoms with Crippen molar-refractivity contribution in [2.75, 3.05) is 5.32 Å². The van der Waals surface area contributed by atoms with Gasteiger partial charge >= 0.3 is 6.01 Å². The fraction of sp³-hybridized carbons (Fsp3) is 0.344. The number of benzene rings is 2. The Bertz CT molecular complexity index is 1550. The smallest absolute Gasteiger partial charge is 0.319 e. The van der Waals surface area contributed by atoms with E-state index in [1.54, 1.807) is 6.20 Å². The van der Waals surface area contributed by atoms with E-state index in [-0.39, 0.29) is 10.2 Å². The topological polar surface area (TPSA) is 78.0 Å². The molecule has 7 nitrogen and oxygen atoms in total. The van der Waals surface area contributed by atoms with Gasteiger partial charge < -0.3 is 19.0 Å². The average molecular weight is 556 g/mol. The van der Waals surface area contributed by atoms with Gasteiger partial charge in [0, 0.05) is 44.7 Å². The molecule has 3 heterocycles. The van der Waals surface area contributed by atoms with E-state index in [1.165, 1.54) is 33.4 Å². The molecule has 0 saturated carbocycles. The Hall–Kier alpha value is -3.78. The second-order valence-electron chi connectivity index (χ2n) is 12.2. The lowest BCUT2D eigenvalue weighted by molar-refractivity contribution is 0.301. The Morgan fingerprint density at radius 2 is 1.77 bits per heavy atom. The van der Waals surface area contributed by atoms with Crippen molar-refractivity contribution in [2.24, 2.45) is 5.41 Å². The van der Waals surface area contributed by atoms with Crippen LogP contribution in [0.2, 0.25) is 0 Å². The summed E-state index contributed by atoms with van der Waals surface area (Å²) in [5.74, 6) is 0.852. The van der Waals surface area contributed by atoms with Gasteiger partial charge in [0.05, 0.1) is 5.69 Å². The van der Waals surface area contributed by atoms with Gasteiger partial charge in [0.1, 0.15) is 12.4 Å². The van der Waals surface area contributed by atoms with Crippen molar-refractivity contribution in [3.05, 3.63) is 90.2 Å². The molecule has 0 aliphatic carbocycles. The highest BCUT2D eigenvalue weighted by molar-refractivity contribution is 8.00. The molecule has 5 rings (SSSR count). The number of rotatable bonds is 9. The third kappa shape index (κ3) is 7.04. The van der Waals surface area contributed by atoms with Crippen molar-refractivity contribution < 1.29 is 9.15 Å². The van der Waals surface area contributed by atoms with Crippen LogP contribution in [0.3, 0.4) is 0 Å². The van der Waals surface area contributed by atoms with Gasteiger partial charge in [-0.25, -0.2) is 0 Å². The van der Waals surface area contributed by atoms with Crippen LogP contribution in [0.5, 0.6) is 5.75 Å². The van der Waals surface area contributed by atoms with Gasteiger partial charge in [-0.2, -0.15) is 0 Å². The van der Waals surface area contributed by atoms with Gasteiger partial charge in [-0.1, -0.05) is 64.8 Å². The van der Waals surface area contributed by atoms with Crippen LogP contribution < -0.4 is 10.1 Å². The summed E-state index contributed by atoms with van der Waals surface area (Å²) >= 11 is 1.93. The minimum atomic E-state index is 0.0542. The fourth-order valence-corrected chi connectivity index (χ4v) is 5.78. The van der Waals surface area contributed by atoms with Crippen LogP contribution in [0.15, 0.2) is 82.6 Å². The summed E-state index contributed by atoms with van der Waals surface area (Å²) in [5, 5.41) is 12.0. The summed E-state index contributed by atoms with van der Waals surface area (Å²) in [6, 6.07) is 21.1. The van der Waals surface area contributed by atoms with Crippen molar-refractivity contribution in [1.82, 2.24) is 19.7 Å². The number of fused-ring (bicyclic) bond motifs is 1. The Balaban J connectivity index is 1.53. The first-order chi connectivity index (χ1) is 19.0. The molecule has 0 radical (unpaired) electrons. The normalized spacial score (nSPS) is 12.2. The first-order valence-corrected chi connectivity index (χ1v) is 14.3. The van der Waals surface area contributed by atoms with E-state index >= 15 is 0 Å². The van der Waals surface area contributed by atoms with Crippen molar-refractivity contribution in [3.63, 3.8) is 0 Å². The molecule has 3 aromatic heterocycles. The maximum absolute atomic E-state index is 6.20. The van der Waals surface area contributed by atoms with E-state index in [4.69, 9.17) is 9.15 Å². The number of thioether (sulfide) groups is 1. The molecule has 0 bridgehead atoms. The van der Waals surface area contributed by atoms with Crippen LogP contribution in [0.1, 0.15) is 58.5 Å². The molecular weight excluding hydrogens is 518 g/mol. The van der Waals surface area contributed by atoms with Crippen molar-refractivity contribution in [3.8, 4) is 5.75 Å². The van der Waals surface area contributed by atoms with Crippen LogP contribution in [0.4, 0.5) is 11.7 Å². The lowest BCUT2D eigenvalue weighted by atomic mass is 9.90. The van der Waals surface area contributed by atoms with E-state index in [0.717, 1.165) is 30.1 Å². The van der Waals surface area contributed by atoms with Crippen LogP contribution in [0.25, 0.3) is 10.9 Å². The summed E-state index contributed by atoms with van der Waals surface area (Å²) in [7, 11) is 0. The predicted octanol–water partition coefficient (Wildman–Crippen LogP) is 8.27. The third-order valence-corrected chi connectivity index (χ3v) is 7.49. The van der Waals surface area contributed by atoms with Crippen LogP contribution >= 0.6 is 11.8 Å². The van der Waals surface area contributed by atoms with Crippen LogP contribution in [-0.2, 0) is 19.6 Å². The summed E-state index contributed by atoms with van der Waals surface area (Å²) in [5.41, 5.74) is 5.72. The fourth-order valence-electron chi connectivity index (χ4n) is 4.59. The third-order valence-electron chi connectivity index (χ3n) is 6.22. The zero-order chi connectivity index (χ0) is 28.3. The molecule has 0 unspecified atom stereocenters. The molecule has 1 N–H and O–H groups in total. The summed E-state index contributed by atoms with van der Waals surface area (Å²) < 4.78 is 14.0. The minimum Gasteiger partial charge on any atom is -0.487 e. The Morgan fingerprint density at radius 3 is 2.42 bits per heavy atom. The number of anilines is 2. The molecule has 208 valence electrons. The molecule has 0 fully saturated rings. The van der Waals surface area contributed by atoms with Gasteiger partial charge in [0.15, 0.2) is 0 Å². The molecule has 5 aromatic rings. The van der Waals surface area contributed by atoms with Gasteiger partial charge in [0.25, 0.3) is 0 Å². The number of hydrogen-bond acceptors (Lipinski definition) is 7. The minimum absolute atomic E-state index is 0.0542. The molecule has 40 heavy (non-hydrogen) atoms. The monoisotopic (exact) mass is 555 g/mol. The molecule has 0 amide bonds. The first-order valence-electron chi connectivity index (χ1n) is 13.5. The van der Waals surface area contributed by atoms with Crippen molar-refractivity contribution >= 4 is 34.4 Å². The molecule has 0 aliphatic heterocycles. The van der Waals surface area contributed by atoms with Crippen LogP contribution in [0, 0.1) is 5.41 Å². The summed E-state index contributed by atoms with van der Waals surface area (Å²) in [6.07, 6.45) is 4.07. The summed E-state index contributed by atoms with van der Waals surface area (Å²) in [6.45, 7) is 14.9. The highest BCUT2D eigenvalue weighted by atomic mass is 32.2. The van der Waals surface area contributed by atoms with Gasteiger partial charge in [-0.3, -0.25) is 4.98 Å². The van der Waals surface area contributed by atoms with E-state index < -0.39 is 0 Å². The SMILES string of the molecule is CC(C)(C)Cc1c(SC(C)(C)C)c2cc(OCc3ccccn3)ccc2n1Cc1ccc(Nc2nnco2)cc1. The van der Waals surface area contributed by atoms with E-state index in [2.05, 4.69) is 96.9 Å². The van der Waals surface area contributed by atoms with Gasteiger partial charge in [-0.15, -0.1) is 16.9 Å². The molecule has 0 atom stereocenters. The second kappa shape index (κ2) is 11.4. The standard InChI is InChI=1S/C32H37N5O2S/c1-31(2,3)18-28-29(40-32(4,5)6)26-17-25(38-20-24-9-7-8-16-33-24)14-15-27(26)37(28)19-22-10-12-23(13-11-22)35-30-36-34-21-39-30/h7-17,21H,18-20H2,1-6H3,(H,35,36). The highest BCUT2D eigenvalue weighted by Gasteiger charge is 2.26. The van der Waals surface area contributed by atoms with Gasteiger partial charge in [-0.05, 0) is 59.9 Å².